The molecule has 0 spiro atoms. The molecule has 2 heteroatoms. The van der Waals surface area contributed by atoms with Crippen molar-refractivity contribution in [1.82, 2.24) is 0 Å². The molecule has 1 aromatic heterocycles. The van der Waals surface area contributed by atoms with Crippen molar-refractivity contribution in [2.45, 2.75) is 0 Å². The zero-order valence-corrected chi connectivity index (χ0v) is 33.6. The van der Waals surface area contributed by atoms with Crippen LogP contribution in [-0.4, -0.2) is 0 Å². The minimum Gasteiger partial charge on any atom is -0.455 e. The third kappa shape index (κ3) is 6.20. The molecule has 1 heterocycles. The lowest BCUT2D eigenvalue weighted by atomic mass is 9.96. The predicted molar refractivity (Wildman–Crippen MR) is 263 cm³/mol. The number of anilines is 3. The van der Waals surface area contributed by atoms with Crippen molar-refractivity contribution in [2.75, 3.05) is 4.90 Å². The minimum absolute atomic E-state index is 0.113. The third-order valence-electron chi connectivity index (χ3n) is 12.1. The van der Waals surface area contributed by atoms with E-state index in [4.69, 9.17) is 4.42 Å². The van der Waals surface area contributed by atoms with E-state index in [9.17, 15) is 5.48 Å². The van der Waals surface area contributed by atoms with Crippen LogP contribution in [0.2, 0.25) is 0 Å². The van der Waals surface area contributed by atoms with Crippen molar-refractivity contribution in [2.24, 2.45) is 0 Å². The standard InChI is InChI=1S/C60H39NO/c1-2-13-47-38-48(25-22-40(47)10-1)43-28-34-51(35-29-43)61(50-32-26-42(27-33-50)41-20-23-46(24-21-41)53-18-9-14-44-11-3-5-15-52(44)53)58-19-8-7-16-54(58)49-31-37-59-57(39-49)56-36-30-45-12-4-6-17-55(45)60(56)62-59/h1-39H/i26D,27D,32D,33D. The molecule has 0 aliphatic carbocycles. The van der Waals surface area contributed by atoms with Gasteiger partial charge in [0.2, 0.25) is 0 Å². The molecule has 12 rings (SSSR count). The van der Waals surface area contributed by atoms with E-state index in [1.165, 1.54) is 5.39 Å². The molecule has 0 unspecified atom stereocenters. The zero-order valence-electron chi connectivity index (χ0n) is 37.6. The maximum atomic E-state index is 9.75. The van der Waals surface area contributed by atoms with Crippen LogP contribution >= 0.6 is 0 Å². The molecule has 0 bridgehead atoms. The van der Waals surface area contributed by atoms with Gasteiger partial charge in [0.1, 0.15) is 11.2 Å². The Kier molecular flexibility index (Phi) is 7.57. The average Bonchev–Trinajstić information content (AvgIpc) is 3.76. The summed E-state index contributed by atoms with van der Waals surface area (Å²) < 4.78 is 45.1. The minimum atomic E-state index is -0.138. The largest absolute Gasteiger partial charge is 0.455 e. The summed E-state index contributed by atoms with van der Waals surface area (Å²) in [7, 11) is 0. The van der Waals surface area contributed by atoms with E-state index in [1.807, 2.05) is 120 Å². The Balaban J connectivity index is 1.01. The van der Waals surface area contributed by atoms with Gasteiger partial charge in [-0.15, -0.1) is 0 Å². The van der Waals surface area contributed by atoms with Gasteiger partial charge in [-0.2, -0.15) is 0 Å². The summed E-state index contributed by atoms with van der Waals surface area (Å²) in [5.74, 6) is 0. The Hall–Kier alpha value is -8.20. The SMILES string of the molecule is [2H]c1c([2H])c(N(c2ccc(-c3ccc4ccccc4c3)cc2)c2ccccc2-c2ccc3oc4c5ccccc5ccc4c3c2)c([2H])c([2H])c1-c1ccc(-c2cccc3ccccc23)cc1. The van der Waals surface area contributed by atoms with Crippen LogP contribution in [0.4, 0.5) is 17.1 Å². The van der Waals surface area contributed by atoms with Crippen molar-refractivity contribution in [3.05, 3.63) is 236 Å². The Morgan fingerprint density at radius 2 is 0.903 bits per heavy atom. The van der Waals surface area contributed by atoms with E-state index < -0.39 is 0 Å². The molecule has 0 radical (unpaired) electrons. The Labute approximate surface area is 365 Å². The molecule has 0 aliphatic heterocycles. The van der Waals surface area contributed by atoms with Gasteiger partial charge in [0, 0.05) is 33.1 Å². The van der Waals surface area contributed by atoms with E-state index in [2.05, 4.69) is 97.1 Å². The molecule has 12 aromatic rings. The fraction of sp³-hybridized carbons (Fsp3) is 0. The number of hydrogen-bond donors (Lipinski definition) is 0. The third-order valence-corrected chi connectivity index (χ3v) is 12.1. The van der Waals surface area contributed by atoms with E-state index in [0.29, 0.717) is 16.9 Å². The van der Waals surface area contributed by atoms with Crippen molar-refractivity contribution in [3.63, 3.8) is 0 Å². The molecule has 11 aromatic carbocycles. The highest BCUT2D eigenvalue weighted by molar-refractivity contribution is 6.15. The van der Waals surface area contributed by atoms with Gasteiger partial charge in [0.05, 0.1) is 11.2 Å². The average molecular weight is 794 g/mol. The first kappa shape index (κ1) is 31.7. The lowest BCUT2D eigenvalue weighted by Gasteiger charge is -2.28. The van der Waals surface area contributed by atoms with Gasteiger partial charge in [-0.05, 0) is 120 Å². The van der Waals surface area contributed by atoms with Gasteiger partial charge in [-0.3, -0.25) is 0 Å². The molecule has 0 N–H and O–H groups in total. The maximum absolute atomic E-state index is 9.75. The van der Waals surface area contributed by atoms with Gasteiger partial charge in [0.25, 0.3) is 0 Å². The zero-order chi connectivity index (χ0) is 44.5. The van der Waals surface area contributed by atoms with E-state index in [-0.39, 0.29) is 35.4 Å². The fourth-order valence-electron chi connectivity index (χ4n) is 9.00. The molecule has 0 amide bonds. The summed E-state index contributed by atoms with van der Waals surface area (Å²) >= 11 is 0. The van der Waals surface area contributed by atoms with E-state index in [0.717, 1.165) is 82.3 Å². The summed E-state index contributed by atoms with van der Waals surface area (Å²) in [4.78, 5) is 1.89. The van der Waals surface area contributed by atoms with Gasteiger partial charge >= 0.3 is 0 Å². The van der Waals surface area contributed by atoms with Crippen LogP contribution < -0.4 is 4.90 Å². The van der Waals surface area contributed by atoms with Gasteiger partial charge in [-0.1, -0.05) is 182 Å². The number of furan rings is 1. The number of benzene rings is 11. The van der Waals surface area contributed by atoms with Gasteiger partial charge < -0.3 is 9.32 Å². The van der Waals surface area contributed by atoms with E-state index >= 15 is 0 Å². The first-order chi connectivity index (χ1) is 32.4. The highest BCUT2D eigenvalue weighted by atomic mass is 16.3. The predicted octanol–water partition coefficient (Wildman–Crippen LogP) is 17.2. The van der Waals surface area contributed by atoms with E-state index in [1.54, 1.807) is 0 Å². The molecular formula is C60H39NO. The topological polar surface area (TPSA) is 16.4 Å². The molecule has 290 valence electrons. The summed E-state index contributed by atoms with van der Waals surface area (Å²) in [5.41, 5.74) is 10.0. The van der Waals surface area contributed by atoms with Crippen molar-refractivity contribution < 1.29 is 9.90 Å². The second kappa shape index (κ2) is 14.8. The van der Waals surface area contributed by atoms with Crippen LogP contribution in [0.15, 0.2) is 241 Å². The summed E-state index contributed by atoms with van der Waals surface area (Å²) in [6.45, 7) is 0. The molecule has 0 saturated heterocycles. The highest BCUT2D eigenvalue weighted by Crippen LogP contribution is 2.44. The van der Waals surface area contributed by atoms with Crippen molar-refractivity contribution in [3.8, 4) is 44.5 Å². The van der Waals surface area contributed by atoms with Crippen LogP contribution in [0.3, 0.4) is 0 Å². The second-order valence-electron chi connectivity index (χ2n) is 15.8. The quantitative estimate of drug-likeness (QED) is 0.160. The van der Waals surface area contributed by atoms with Crippen LogP contribution in [0, 0.1) is 0 Å². The second-order valence-corrected chi connectivity index (χ2v) is 15.8. The summed E-state index contributed by atoms with van der Waals surface area (Å²) in [5, 5.41) is 8.77. The van der Waals surface area contributed by atoms with Crippen molar-refractivity contribution >= 4 is 71.3 Å². The lowest BCUT2D eigenvalue weighted by Crippen LogP contribution is -2.11. The normalized spacial score (nSPS) is 12.5. The fourth-order valence-corrected chi connectivity index (χ4v) is 9.00. The number of hydrogen-bond acceptors (Lipinski definition) is 2. The molecule has 62 heavy (non-hydrogen) atoms. The molecule has 0 fully saturated rings. The molecule has 2 nitrogen and oxygen atoms in total. The Morgan fingerprint density at radius 3 is 1.73 bits per heavy atom. The molecule has 0 atom stereocenters. The smallest absolute Gasteiger partial charge is 0.143 e. The van der Waals surface area contributed by atoms with Gasteiger partial charge in [-0.25, -0.2) is 0 Å². The van der Waals surface area contributed by atoms with Crippen LogP contribution in [0.1, 0.15) is 5.48 Å². The Morgan fingerprint density at radius 1 is 0.323 bits per heavy atom. The summed E-state index contributed by atoms with van der Waals surface area (Å²) in [6.07, 6.45) is 0. The monoisotopic (exact) mass is 793 g/mol. The Bertz CT molecular complexity index is 3840. The first-order valence-electron chi connectivity index (χ1n) is 22.9. The number of nitrogens with zero attached hydrogens (tertiary/aromatic N) is 1. The lowest BCUT2D eigenvalue weighted by molar-refractivity contribution is 0.672. The summed E-state index contributed by atoms with van der Waals surface area (Å²) in [6, 6.07) is 71.4. The molecule has 0 saturated carbocycles. The number of fused-ring (bicyclic) bond motifs is 7. The van der Waals surface area contributed by atoms with Crippen molar-refractivity contribution in [1.29, 1.82) is 0 Å². The number of rotatable bonds is 7. The number of para-hydroxylation sites is 1. The molecule has 0 aliphatic rings. The van der Waals surface area contributed by atoms with Crippen LogP contribution in [0.5, 0.6) is 0 Å². The van der Waals surface area contributed by atoms with Crippen LogP contribution in [-0.2, 0) is 0 Å². The first-order valence-corrected chi connectivity index (χ1v) is 20.9. The van der Waals surface area contributed by atoms with Gasteiger partial charge in [0.15, 0.2) is 0 Å². The maximum Gasteiger partial charge on any atom is 0.143 e. The van der Waals surface area contributed by atoms with Crippen LogP contribution in [0.25, 0.3) is 98.8 Å². The highest BCUT2D eigenvalue weighted by Gasteiger charge is 2.19. The molecular weight excluding hydrogens is 751 g/mol.